The molecule has 0 unspecified atom stereocenters. The van der Waals surface area contributed by atoms with Gasteiger partial charge >= 0.3 is 5.69 Å². The van der Waals surface area contributed by atoms with E-state index in [2.05, 4.69) is 25.1 Å². The van der Waals surface area contributed by atoms with E-state index in [1.807, 2.05) is 13.8 Å². The molecule has 3 aromatic rings. The van der Waals surface area contributed by atoms with E-state index in [1.54, 1.807) is 0 Å². The van der Waals surface area contributed by atoms with Gasteiger partial charge in [0.2, 0.25) is 0 Å². The monoisotopic (exact) mass is 360 g/mol. The van der Waals surface area contributed by atoms with E-state index in [1.165, 1.54) is 15.7 Å². The van der Waals surface area contributed by atoms with E-state index in [0.29, 0.717) is 30.2 Å². The smallest absolute Gasteiger partial charge is 0.349 e. The molecule has 1 aliphatic heterocycles. The summed E-state index contributed by atoms with van der Waals surface area (Å²) in [5.41, 5.74) is 1.35. The first-order valence-electron chi connectivity index (χ1n) is 8.33. The number of hydrogen-bond donors (Lipinski definition) is 1. The van der Waals surface area contributed by atoms with Crippen LogP contribution in [0.15, 0.2) is 4.79 Å². The first kappa shape index (κ1) is 15.0. The molecule has 0 amide bonds. The van der Waals surface area contributed by atoms with Crippen LogP contribution in [0.25, 0.3) is 5.78 Å². The Morgan fingerprint density at radius 2 is 2.08 bits per heavy atom. The number of thiazole rings is 1. The lowest BCUT2D eigenvalue weighted by Gasteiger charge is -2.28. The standard InChI is InChI=1S/C16H17FN6OS/c1-8-9(2)23-14(20-21-15(23)24)19-12(8)22-6-3-10-11(7-22)25-13(18-10)16(17)4-5-16/h3-7H2,1-2H3,(H,21,24). The number of hydrogen-bond acceptors (Lipinski definition) is 6. The molecule has 3 aromatic heterocycles. The molecule has 0 atom stereocenters. The number of H-pyrrole nitrogens is 1. The van der Waals surface area contributed by atoms with Gasteiger partial charge in [0.25, 0.3) is 5.78 Å². The van der Waals surface area contributed by atoms with Crippen LogP contribution in [0.4, 0.5) is 10.2 Å². The van der Waals surface area contributed by atoms with E-state index >= 15 is 0 Å². The predicted molar refractivity (Wildman–Crippen MR) is 92.0 cm³/mol. The number of anilines is 1. The molecule has 0 bridgehead atoms. The van der Waals surface area contributed by atoms with Crippen molar-refractivity contribution >= 4 is 22.9 Å². The first-order chi connectivity index (χ1) is 12.0. The van der Waals surface area contributed by atoms with Crippen LogP contribution in [0.2, 0.25) is 0 Å². The number of nitrogens with one attached hydrogen (secondary N) is 1. The lowest BCUT2D eigenvalue weighted by molar-refractivity contribution is 0.316. The molecule has 0 saturated heterocycles. The van der Waals surface area contributed by atoms with Crippen LogP contribution in [-0.4, -0.2) is 31.1 Å². The number of alkyl halides is 1. The Morgan fingerprint density at radius 3 is 2.84 bits per heavy atom. The molecule has 7 nitrogen and oxygen atoms in total. The molecule has 0 radical (unpaired) electrons. The topological polar surface area (TPSA) is 79.2 Å². The van der Waals surface area contributed by atoms with Gasteiger partial charge in [-0.1, -0.05) is 0 Å². The predicted octanol–water partition coefficient (Wildman–Crippen LogP) is 2.01. The Balaban J connectivity index is 1.54. The molecule has 1 fully saturated rings. The number of aromatic nitrogens is 5. The summed E-state index contributed by atoms with van der Waals surface area (Å²) in [5.74, 6) is 1.20. The molecule has 0 spiro atoms. The van der Waals surface area contributed by atoms with Gasteiger partial charge in [0.1, 0.15) is 10.8 Å². The maximum atomic E-state index is 14.3. The van der Waals surface area contributed by atoms with Gasteiger partial charge in [-0.3, -0.25) is 0 Å². The number of rotatable bonds is 2. The molecule has 25 heavy (non-hydrogen) atoms. The molecule has 0 aromatic carbocycles. The van der Waals surface area contributed by atoms with E-state index in [4.69, 9.17) is 0 Å². The molecule has 1 aliphatic carbocycles. The fraction of sp³-hybridized carbons (Fsp3) is 0.500. The Morgan fingerprint density at radius 1 is 1.28 bits per heavy atom. The molecular weight excluding hydrogens is 343 g/mol. The SMILES string of the molecule is Cc1c(N2CCc3nc(C4(F)CC4)sc3C2)nc2n[nH]c(=O)n2c1C. The molecule has 1 saturated carbocycles. The third-order valence-electron chi connectivity index (χ3n) is 5.18. The maximum Gasteiger partial charge on any atom is 0.349 e. The minimum atomic E-state index is -1.17. The third-order valence-corrected chi connectivity index (χ3v) is 6.44. The molecular formula is C16H17FN6OS. The number of halogens is 1. The van der Waals surface area contributed by atoms with E-state index in [-0.39, 0.29) is 5.69 Å². The Bertz CT molecular complexity index is 1060. The number of nitrogens with zero attached hydrogens (tertiary/aromatic N) is 5. The molecule has 130 valence electrons. The first-order valence-corrected chi connectivity index (χ1v) is 9.15. The number of aromatic amines is 1. The lowest BCUT2D eigenvalue weighted by atomic mass is 10.1. The van der Waals surface area contributed by atoms with Gasteiger partial charge in [-0.2, -0.15) is 4.98 Å². The van der Waals surface area contributed by atoms with Gasteiger partial charge in [0.05, 0.1) is 12.2 Å². The van der Waals surface area contributed by atoms with Gasteiger partial charge in [0, 0.05) is 29.1 Å². The summed E-state index contributed by atoms with van der Waals surface area (Å²) in [6.07, 6.45) is 1.96. The zero-order chi connectivity index (χ0) is 17.3. The van der Waals surface area contributed by atoms with Crippen LogP contribution < -0.4 is 10.6 Å². The number of fused-ring (bicyclic) bond motifs is 2. The van der Waals surface area contributed by atoms with Crippen LogP contribution in [0.5, 0.6) is 0 Å². The van der Waals surface area contributed by atoms with Crippen LogP contribution in [0, 0.1) is 13.8 Å². The van der Waals surface area contributed by atoms with Crippen molar-refractivity contribution < 1.29 is 4.39 Å². The fourth-order valence-electron chi connectivity index (χ4n) is 3.37. The average Bonchev–Trinajstić information content (AvgIpc) is 3.04. The fourth-order valence-corrected chi connectivity index (χ4v) is 4.64. The van der Waals surface area contributed by atoms with Crippen molar-refractivity contribution in [2.75, 3.05) is 11.4 Å². The quantitative estimate of drug-likeness (QED) is 0.756. The van der Waals surface area contributed by atoms with Crippen LogP contribution >= 0.6 is 11.3 Å². The van der Waals surface area contributed by atoms with Crippen molar-refractivity contribution in [2.24, 2.45) is 0 Å². The minimum Gasteiger partial charge on any atom is -0.351 e. The number of aryl methyl sites for hydroxylation is 1. The van der Waals surface area contributed by atoms with Gasteiger partial charge in [0.15, 0.2) is 5.67 Å². The Labute approximate surface area is 146 Å². The highest BCUT2D eigenvalue weighted by Crippen LogP contribution is 2.51. The summed E-state index contributed by atoms with van der Waals surface area (Å²) in [5, 5.41) is 7.07. The van der Waals surface area contributed by atoms with E-state index < -0.39 is 5.67 Å². The zero-order valence-corrected chi connectivity index (χ0v) is 14.8. The van der Waals surface area contributed by atoms with Crippen molar-refractivity contribution in [1.82, 2.24) is 24.6 Å². The van der Waals surface area contributed by atoms with Gasteiger partial charge in [-0.25, -0.2) is 23.7 Å². The summed E-state index contributed by atoms with van der Waals surface area (Å²) < 4.78 is 15.8. The molecule has 5 rings (SSSR count). The van der Waals surface area contributed by atoms with Crippen LogP contribution in [0.1, 0.15) is 39.7 Å². The summed E-state index contributed by atoms with van der Waals surface area (Å²) >= 11 is 1.49. The average molecular weight is 360 g/mol. The minimum absolute atomic E-state index is 0.277. The highest BCUT2D eigenvalue weighted by Gasteiger charge is 2.48. The second-order valence-electron chi connectivity index (χ2n) is 6.84. The third kappa shape index (κ3) is 2.14. The summed E-state index contributed by atoms with van der Waals surface area (Å²) in [6, 6.07) is 0. The van der Waals surface area contributed by atoms with Crippen LogP contribution in [0.3, 0.4) is 0 Å². The summed E-state index contributed by atoms with van der Waals surface area (Å²) in [6.45, 7) is 5.30. The molecule has 1 N–H and O–H groups in total. The molecule has 4 heterocycles. The highest BCUT2D eigenvalue weighted by molar-refractivity contribution is 7.12. The lowest BCUT2D eigenvalue weighted by Crippen LogP contribution is -2.31. The van der Waals surface area contributed by atoms with Crippen molar-refractivity contribution in [1.29, 1.82) is 0 Å². The van der Waals surface area contributed by atoms with Crippen molar-refractivity contribution in [2.45, 2.75) is 45.3 Å². The van der Waals surface area contributed by atoms with Crippen molar-refractivity contribution in [3.63, 3.8) is 0 Å². The summed E-state index contributed by atoms with van der Waals surface area (Å²) in [7, 11) is 0. The van der Waals surface area contributed by atoms with Gasteiger partial charge < -0.3 is 4.90 Å². The largest absolute Gasteiger partial charge is 0.351 e. The van der Waals surface area contributed by atoms with Gasteiger partial charge in [-0.15, -0.1) is 16.4 Å². The van der Waals surface area contributed by atoms with Crippen molar-refractivity contribution in [3.8, 4) is 0 Å². The maximum absolute atomic E-state index is 14.3. The second kappa shape index (κ2) is 4.87. The van der Waals surface area contributed by atoms with Crippen LogP contribution in [-0.2, 0) is 18.6 Å². The zero-order valence-electron chi connectivity index (χ0n) is 14.0. The van der Waals surface area contributed by atoms with Gasteiger partial charge in [-0.05, 0) is 26.7 Å². The highest BCUT2D eigenvalue weighted by atomic mass is 32.1. The van der Waals surface area contributed by atoms with Crippen molar-refractivity contribution in [3.05, 3.63) is 37.3 Å². The summed E-state index contributed by atoms with van der Waals surface area (Å²) in [4.78, 5) is 24.3. The Hall–Kier alpha value is -2.29. The Kier molecular flexibility index (Phi) is 2.92. The molecule has 9 heteroatoms. The van der Waals surface area contributed by atoms with E-state index in [9.17, 15) is 9.18 Å². The van der Waals surface area contributed by atoms with E-state index in [0.717, 1.165) is 40.6 Å². The second-order valence-corrected chi connectivity index (χ2v) is 7.92. The normalized spacial score (nSPS) is 18.6. The molecule has 2 aliphatic rings.